The molecule has 5 unspecified atom stereocenters. The van der Waals surface area contributed by atoms with Crippen LogP contribution in [0.2, 0.25) is 0 Å². The Morgan fingerprint density at radius 3 is 2.58 bits per heavy atom. The highest BCUT2D eigenvalue weighted by atomic mass is 35.5. The Morgan fingerprint density at radius 1 is 1.42 bits per heavy atom. The number of nitrogen functional groups attached to an aromatic ring is 1. The summed E-state index contributed by atoms with van der Waals surface area (Å²) in [6, 6.07) is -1.74. The zero-order valence-electron chi connectivity index (χ0n) is 15.0. The van der Waals surface area contributed by atoms with Gasteiger partial charge in [-0.05, 0) is 12.8 Å². The Balaban J connectivity index is 0.00000338. The molecule has 0 saturated heterocycles. The predicted octanol–water partition coefficient (Wildman–Crippen LogP) is -0.984. The minimum atomic E-state index is -1.27. The van der Waals surface area contributed by atoms with Crippen molar-refractivity contribution in [1.82, 2.24) is 9.97 Å². The topological polar surface area (TPSA) is 171 Å². The van der Waals surface area contributed by atoms with Gasteiger partial charge in [0.25, 0.3) is 0 Å². The van der Waals surface area contributed by atoms with E-state index in [0.29, 0.717) is 6.42 Å². The molecule has 0 fully saturated rings. The van der Waals surface area contributed by atoms with Gasteiger partial charge in [-0.25, -0.2) is 0 Å². The first-order valence-electron chi connectivity index (χ1n) is 8.27. The number of carbonyl (C=O) groups excluding carboxylic acids is 1. The molecular weight excluding hydrogens is 364 g/mol. The lowest BCUT2D eigenvalue weighted by Crippen LogP contribution is -2.61. The van der Waals surface area contributed by atoms with Crippen LogP contribution in [0.25, 0.3) is 0 Å². The van der Waals surface area contributed by atoms with Gasteiger partial charge in [-0.1, -0.05) is 20.3 Å². The number of aromatic amines is 1. The lowest BCUT2D eigenvalue weighted by atomic mass is 9.95. The Morgan fingerprint density at radius 2 is 2.04 bits per heavy atom. The van der Waals surface area contributed by atoms with Crippen LogP contribution in [0, 0.1) is 5.92 Å². The van der Waals surface area contributed by atoms with E-state index in [1.165, 1.54) is 6.92 Å². The van der Waals surface area contributed by atoms with Crippen molar-refractivity contribution in [2.45, 2.75) is 51.5 Å². The summed E-state index contributed by atoms with van der Waals surface area (Å²) in [6.45, 7) is 5.25. The van der Waals surface area contributed by atoms with Gasteiger partial charge in [0.2, 0.25) is 11.9 Å². The van der Waals surface area contributed by atoms with E-state index in [4.69, 9.17) is 11.5 Å². The average Bonchev–Trinajstić information content (AvgIpc) is 2.57. The SMILES string of the molecule is CCC(C)C(N)C(=O)N1c2c([nH]c(N)nc2=O)NCC1C(O)C(C)O.Cl. The molecule has 2 rings (SSSR count). The van der Waals surface area contributed by atoms with Crippen LogP contribution in [0.5, 0.6) is 0 Å². The van der Waals surface area contributed by atoms with Crippen molar-refractivity contribution in [2.24, 2.45) is 11.7 Å². The van der Waals surface area contributed by atoms with E-state index in [9.17, 15) is 19.8 Å². The monoisotopic (exact) mass is 390 g/mol. The van der Waals surface area contributed by atoms with Crippen LogP contribution < -0.4 is 27.2 Å². The molecule has 2 heterocycles. The maximum Gasteiger partial charge on any atom is 0.300 e. The predicted molar refractivity (Wildman–Crippen MR) is 101 cm³/mol. The zero-order valence-corrected chi connectivity index (χ0v) is 15.8. The van der Waals surface area contributed by atoms with Gasteiger partial charge in [0, 0.05) is 6.54 Å². The molecule has 0 bridgehead atoms. The second kappa shape index (κ2) is 8.67. The summed E-state index contributed by atoms with van der Waals surface area (Å²) >= 11 is 0. The smallest absolute Gasteiger partial charge is 0.300 e. The van der Waals surface area contributed by atoms with E-state index in [0.717, 1.165) is 4.90 Å². The second-order valence-electron chi connectivity index (χ2n) is 6.45. The number of fused-ring (bicyclic) bond motifs is 1. The summed E-state index contributed by atoms with van der Waals surface area (Å²) in [7, 11) is 0. The average molecular weight is 391 g/mol. The molecule has 0 aromatic carbocycles. The molecule has 0 aliphatic carbocycles. The molecule has 8 N–H and O–H groups in total. The summed E-state index contributed by atoms with van der Waals surface area (Å²) in [5, 5.41) is 23.0. The number of halogens is 1. The fraction of sp³-hybridized carbons (Fsp3) is 0.667. The third kappa shape index (κ3) is 4.09. The number of hydrogen-bond donors (Lipinski definition) is 6. The third-order valence-corrected chi connectivity index (χ3v) is 4.64. The number of nitrogens with two attached hydrogens (primary N) is 2. The number of aliphatic hydroxyl groups excluding tert-OH is 2. The van der Waals surface area contributed by atoms with Crippen LogP contribution in [0.1, 0.15) is 27.2 Å². The van der Waals surface area contributed by atoms with E-state index >= 15 is 0 Å². The molecule has 1 aliphatic heterocycles. The molecule has 1 aliphatic rings. The van der Waals surface area contributed by atoms with Gasteiger partial charge in [-0.2, -0.15) is 4.98 Å². The first-order chi connectivity index (χ1) is 11.7. The molecule has 10 nitrogen and oxygen atoms in total. The normalized spacial score (nSPS) is 20.8. The van der Waals surface area contributed by atoms with Crippen molar-refractivity contribution in [3.63, 3.8) is 0 Å². The first-order valence-corrected chi connectivity index (χ1v) is 8.27. The van der Waals surface area contributed by atoms with Gasteiger partial charge in [0.05, 0.1) is 18.2 Å². The van der Waals surface area contributed by atoms with E-state index < -0.39 is 35.8 Å². The van der Waals surface area contributed by atoms with Gasteiger partial charge >= 0.3 is 5.56 Å². The van der Waals surface area contributed by atoms with Crippen LogP contribution in [0.4, 0.5) is 17.5 Å². The minimum Gasteiger partial charge on any atom is -0.391 e. The number of H-pyrrole nitrogens is 1. The molecule has 1 aromatic rings. The number of amides is 1. The number of aromatic nitrogens is 2. The summed E-state index contributed by atoms with van der Waals surface area (Å²) in [5.74, 6) is -0.504. The Kier molecular flexibility index (Phi) is 7.39. The standard InChI is InChI=1S/C15H26N6O4.ClH/c1-4-6(2)9(16)14(25)21-8(11(23)7(3)22)5-18-12-10(21)13(24)20-15(17)19-12;/h6-9,11,22-23H,4-5,16H2,1-3H3,(H4,17,18,19,20,24);1H. The van der Waals surface area contributed by atoms with Crippen molar-refractivity contribution in [3.8, 4) is 0 Å². The molecule has 0 radical (unpaired) electrons. The van der Waals surface area contributed by atoms with Crippen molar-refractivity contribution in [1.29, 1.82) is 0 Å². The molecular formula is C15H27ClN6O4. The fourth-order valence-electron chi connectivity index (χ4n) is 2.83. The molecule has 0 spiro atoms. The highest BCUT2D eigenvalue weighted by Crippen LogP contribution is 2.29. The van der Waals surface area contributed by atoms with Gasteiger partial charge in [-0.3, -0.25) is 14.5 Å². The number of anilines is 3. The highest BCUT2D eigenvalue weighted by Gasteiger charge is 2.41. The minimum absolute atomic E-state index is 0. The quantitative estimate of drug-likeness (QED) is 0.372. The van der Waals surface area contributed by atoms with Crippen LogP contribution in [0.3, 0.4) is 0 Å². The molecule has 1 amide bonds. The van der Waals surface area contributed by atoms with Crippen molar-refractivity contribution >= 4 is 35.8 Å². The number of carbonyl (C=O) groups is 1. The Labute approximate surface area is 157 Å². The van der Waals surface area contributed by atoms with E-state index in [1.807, 2.05) is 13.8 Å². The first kappa shape index (κ1) is 22.2. The molecule has 148 valence electrons. The Hall–Kier alpha value is -1.88. The lowest BCUT2D eigenvalue weighted by molar-refractivity contribution is -0.122. The number of nitrogens with one attached hydrogen (secondary N) is 2. The van der Waals surface area contributed by atoms with Crippen molar-refractivity contribution in [2.75, 3.05) is 22.5 Å². The van der Waals surface area contributed by atoms with Crippen LogP contribution >= 0.6 is 12.4 Å². The largest absolute Gasteiger partial charge is 0.391 e. The lowest BCUT2D eigenvalue weighted by Gasteiger charge is -2.41. The number of nitrogens with zero attached hydrogens (tertiary/aromatic N) is 2. The number of rotatable bonds is 5. The molecule has 11 heteroatoms. The van der Waals surface area contributed by atoms with Crippen LogP contribution in [0.15, 0.2) is 4.79 Å². The molecule has 26 heavy (non-hydrogen) atoms. The van der Waals surface area contributed by atoms with Gasteiger partial charge in [0.1, 0.15) is 11.9 Å². The summed E-state index contributed by atoms with van der Waals surface area (Å²) in [5.41, 5.74) is 10.8. The zero-order chi connectivity index (χ0) is 18.9. The van der Waals surface area contributed by atoms with Crippen LogP contribution in [-0.4, -0.2) is 56.9 Å². The summed E-state index contributed by atoms with van der Waals surface area (Å²) in [6.07, 6.45) is -1.71. The molecule has 1 aromatic heterocycles. The van der Waals surface area contributed by atoms with E-state index in [2.05, 4.69) is 15.3 Å². The van der Waals surface area contributed by atoms with Crippen molar-refractivity contribution < 1.29 is 15.0 Å². The summed E-state index contributed by atoms with van der Waals surface area (Å²) < 4.78 is 0. The van der Waals surface area contributed by atoms with Crippen LogP contribution in [-0.2, 0) is 4.79 Å². The fourth-order valence-corrected chi connectivity index (χ4v) is 2.83. The maximum absolute atomic E-state index is 13.0. The Bertz CT molecular complexity index is 697. The maximum atomic E-state index is 13.0. The number of hydrogen-bond acceptors (Lipinski definition) is 8. The van der Waals surface area contributed by atoms with Gasteiger partial charge in [-0.15, -0.1) is 12.4 Å². The second-order valence-corrected chi connectivity index (χ2v) is 6.45. The number of aliphatic hydroxyl groups is 2. The summed E-state index contributed by atoms with van der Waals surface area (Å²) in [4.78, 5) is 32.8. The van der Waals surface area contributed by atoms with E-state index in [-0.39, 0.29) is 42.3 Å². The van der Waals surface area contributed by atoms with Gasteiger partial charge in [0.15, 0.2) is 5.69 Å². The van der Waals surface area contributed by atoms with E-state index in [1.54, 1.807) is 0 Å². The highest BCUT2D eigenvalue weighted by molar-refractivity contribution is 6.00. The molecule has 0 saturated carbocycles. The van der Waals surface area contributed by atoms with Gasteiger partial charge < -0.3 is 32.0 Å². The third-order valence-electron chi connectivity index (χ3n) is 4.64. The molecule has 5 atom stereocenters. The van der Waals surface area contributed by atoms with Crippen molar-refractivity contribution in [3.05, 3.63) is 10.4 Å².